The molecule has 2 heterocycles. The largest absolute Gasteiger partial charge is 0.490 e. The van der Waals surface area contributed by atoms with Crippen molar-refractivity contribution in [2.75, 3.05) is 37.6 Å². The molecule has 16 heteroatoms. The summed E-state index contributed by atoms with van der Waals surface area (Å²) in [5.41, 5.74) is 1.83. The summed E-state index contributed by atoms with van der Waals surface area (Å²) >= 11 is 0. The maximum Gasteiger partial charge on any atom is 0.490 e. The smallest absolute Gasteiger partial charge is 0.475 e. The van der Waals surface area contributed by atoms with Crippen LogP contribution in [0.15, 0.2) is 30.5 Å². The van der Waals surface area contributed by atoms with Gasteiger partial charge in [-0.25, -0.2) is 9.59 Å². The van der Waals surface area contributed by atoms with E-state index in [2.05, 4.69) is 21.7 Å². The molecule has 3 rings (SSSR count). The van der Waals surface area contributed by atoms with Crippen molar-refractivity contribution in [3.8, 4) is 0 Å². The van der Waals surface area contributed by atoms with E-state index in [0.717, 1.165) is 43.9 Å². The van der Waals surface area contributed by atoms with Gasteiger partial charge in [0, 0.05) is 38.4 Å². The monoisotopic (exact) mass is 514 g/mol. The van der Waals surface area contributed by atoms with Gasteiger partial charge in [-0.3, -0.25) is 15.1 Å². The lowest BCUT2D eigenvalue weighted by molar-refractivity contribution is -0.383. The Labute approximate surface area is 193 Å². The average molecular weight is 514 g/mol. The second-order valence-electron chi connectivity index (χ2n) is 6.79. The van der Waals surface area contributed by atoms with Crippen LogP contribution >= 0.6 is 0 Å². The number of nitrogens with zero attached hydrogens (tertiary/aromatic N) is 4. The third kappa shape index (κ3) is 8.88. The van der Waals surface area contributed by atoms with Crippen molar-refractivity contribution in [1.29, 1.82) is 0 Å². The van der Waals surface area contributed by atoms with Crippen molar-refractivity contribution < 1.29 is 51.1 Å². The minimum absolute atomic E-state index is 0.119. The highest BCUT2D eigenvalue weighted by Crippen LogP contribution is 2.32. The van der Waals surface area contributed by atoms with Crippen molar-refractivity contribution in [3.63, 3.8) is 0 Å². The summed E-state index contributed by atoms with van der Waals surface area (Å²) in [6.07, 6.45) is -8.47. The molecule has 2 aromatic rings. The van der Waals surface area contributed by atoms with Gasteiger partial charge in [0.25, 0.3) is 5.69 Å². The van der Waals surface area contributed by atoms with Gasteiger partial charge in [0.05, 0.1) is 16.0 Å². The fourth-order valence-corrected chi connectivity index (χ4v) is 2.86. The summed E-state index contributed by atoms with van der Waals surface area (Å²) < 4.78 is 63.5. The Morgan fingerprint density at radius 2 is 1.49 bits per heavy atom. The third-order valence-corrected chi connectivity index (χ3v) is 4.57. The topological polar surface area (TPSA) is 137 Å². The molecule has 2 N–H and O–H groups in total. The zero-order valence-corrected chi connectivity index (χ0v) is 18.0. The Balaban J connectivity index is 0.000000362. The summed E-state index contributed by atoms with van der Waals surface area (Å²) in [4.78, 5) is 37.6. The van der Waals surface area contributed by atoms with Gasteiger partial charge in [-0.15, -0.1) is 0 Å². The number of alkyl halides is 6. The van der Waals surface area contributed by atoms with Crippen LogP contribution in [0.2, 0.25) is 0 Å². The number of non-ortho nitro benzene ring substituents is 1. The number of piperazine rings is 1. The summed E-state index contributed by atoms with van der Waals surface area (Å²) in [6, 6.07) is 6.93. The van der Waals surface area contributed by atoms with Crippen molar-refractivity contribution in [3.05, 3.63) is 40.6 Å². The number of aliphatic carboxylic acids is 2. The Hall–Kier alpha value is -3.69. The van der Waals surface area contributed by atoms with Gasteiger partial charge in [0.2, 0.25) is 0 Å². The van der Waals surface area contributed by atoms with Gasteiger partial charge in [-0.05, 0) is 24.7 Å². The average Bonchev–Trinajstić information content (AvgIpc) is 2.78. The molecule has 1 aromatic heterocycles. The minimum Gasteiger partial charge on any atom is -0.475 e. The zero-order valence-electron chi connectivity index (χ0n) is 18.0. The highest BCUT2D eigenvalue weighted by molar-refractivity contribution is 5.97. The van der Waals surface area contributed by atoms with E-state index in [9.17, 15) is 36.5 Å². The molecule has 194 valence electrons. The van der Waals surface area contributed by atoms with Crippen molar-refractivity contribution >= 4 is 34.2 Å². The summed E-state index contributed by atoms with van der Waals surface area (Å²) in [5, 5.41) is 26.0. The van der Waals surface area contributed by atoms with E-state index in [1.807, 2.05) is 6.07 Å². The van der Waals surface area contributed by atoms with E-state index >= 15 is 0 Å². The third-order valence-electron chi connectivity index (χ3n) is 4.57. The number of hydrogen-bond acceptors (Lipinski definition) is 7. The molecule has 0 unspecified atom stereocenters. The van der Waals surface area contributed by atoms with Crippen molar-refractivity contribution in [2.24, 2.45) is 0 Å². The molecule has 0 spiro atoms. The van der Waals surface area contributed by atoms with Crippen LogP contribution in [0.3, 0.4) is 0 Å². The molecule has 1 fully saturated rings. The van der Waals surface area contributed by atoms with Crippen LogP contribution in [-0.2, 0) is 9.59 Å². The molecule has 0 saturated carbocycles. The maximum absolute atomic E-state index is 11.1. The molecule has 0 atom stereocenters. The number of halogens is 6. The number of fused-ring (bicyclic) bond motifs is 1. The van der Waals surface area contributed by atoms with E-state index in [1.54, 1.807) is 24.4 Å². The first-order chi connectivity index (χ1) is 16.1. The highest BCUT2D eigenvalue weighted by Gasteiger charge is 2.38. The van der Waals surface area contributed by atoms with E-state index < -0.39 is 24.3 Å². The van der Waals surface area contributed by atoms with Gasteiger partial charge < -0.3 is 20.0 Å². The van der Waals surface area contributed by atoms with Gasteiger partial charge >= 0.3 is 24.3 Å². The molecule has 10 nitrogen and oxygen atoms in total. The number of aromatic nitrogens is 1. The quantitative estimate of drug-likeness (QED) is 0.358. The molecule has 1 saturated heterocycles. The summed E-state index contributed by atoms with van der Waals surface area (Å²) in [7, 11) is 0. The normalized spacial score (nSPS) is 14.3. The lowest BCUT2D eigenvalue weighted by atomic mass is 10.1. The second kappa shape index (κ2) is 12.1. The van der Waals surface area contributed by atoms with Crippen LogP contribution in [0.25, 0.3) is 10.9 Å². The molecular weight excluding hydrogens is 494 g/mol. The summed E-state index contributed by atoms with van der Waals surface area (Å²) in [6.45, 7) is 7.11. The van der Waals surface area contributed by atoms with Crippen molar-refractivity contribution in [1.82, 2.24) is 9.88 Å². The van der Waals surface area contributed by atoms with E-state index in [-0.39, 0.29) is 10.6 Å². The number of carbonyl (C=O) groups is 2. The number of pyridine rings is 1. The number of carboxylic acid groups (broad SMARTS) is 2. The fourth-order valence-electron chi connectivity index (χ4n) is 2.86. The molecule has 1 aliphatic heterocycles. The predicted octanol–water partition coefficient (Wildman–Crippen LogP) is 3.55. The van der Waals surface area contributed by atoms with Crippen LogP contribution in [-0.4, -0.2) is 82.0 Å². The Morgan fingerprint density at radius 3 is 1.89 bits per heavy atom. The van der Waals surface area contributed by atoms with Crippen LogP contribution in [0.5, 0.6) is 0 Å². The number of likely N-dealkylation sites (N-methyl/N-ethyl adjacent to an activating group) is 1. The standard InChI is InChI=1S/C15H18N4O2.2C2HF3O2/c1-2-17-8-10-18(11-9-17)14-6-5-13(19(20)21)12-4-3-7-16-15(12)14;2*3-2(4,5)1(6)7/h3-7H,2,8-11H2,1H3;2*(H,6,7). The van der Waals surface area contributed by atoms with E-state index in [4.69, 9.17) is 19.8 Å². The Morgan fingerprint density at radius 1 is 1.00 bits per heavy atom. The first-order valence-corrected chi connectivity index (χ1v) is 9.69. The lowest BCUT2D eigenvalue weighted by Crippen LogP contribution is -2.46. The lowest BCUT2D eigenvalue weighted by Gasteiger charge is -2.35. The highest BCUT2D eigenvalue weighted by atomic mass is 19.4. The maximum atomic E-state index is 11.1. The Bertz CT molecular complexity index is 1010. The van der Waals surface area contributed by atoms with Crippen LogP contribution in [0.4, 0.5) is 37.7 Å². The molecular formula is C19H20F6N4O6. The molecule has 0 aliphatic carbocycles. The number of carboxylic acids is 2. The Kier molecular flexibility index (Phi) is 10.2. The molecule has 1 aliphatic rings. The molecule has 0 radical (unpaired) electrons. The van der Waals surface area contributed by atoms with Gasteiger partial charge in [-0.2, -0.15) is 26.3 Å². The molecule has 0 bridgehead atoms. The second-order valence-corrected chi connectivity index (χ2v) is 6.79. The fraction of sp³-hybridized carbons (Fsp3) is 0.421. The van der Waals surface area contributed by atoms with E-state index in [1.165, 1.54) is 0 Å². The van der Waals surface area contributed by atoms with Crippen LogP contribution < -0.4 is 4.90 Å². The number of nitro benzene ring substituents is 1. The van der Waals surface area contributed by atoms with E-state index in [0.29, 0.717) is 5.39 Å². The zero-order chi connectivity index (χ0) is 27.0. The van der Waals surface area contributed by atoms with Gasteiger partial charge in [0.1, 0.15) is 5.52 Å². The predicted molar refractivity (Wildman–Crippen MR) is 110 cm³/mol. The molecule has 1 aromatic carbocycles. The first-order valence-electron chi connectivity index (χ1n) is 9.69. The SMILES string of the molecule is CCN1CCN(c2ccc([N+](=O)[O-])c3cccnc23)CC1.O=C(O)C(F)(F)F.O=C(O)C(F)(F)F. The first kappa shape index (κ1) is 29.3. The number of benzene rings is 1. The minimum atomic E-state index is -5.08. The number of hydrogen-bond donors (Lipinski definition) is 2. The number of anilines is 1. The molecule has 35 heavy (non-hydrogen) atoms. The number of nitro groups is 1. The summed E-state index contributed by atoms with van der Waals surface area (Å²) in [5.74, 6) is -5.51. The van der Waals surface area contributed by atoms with Crippen LogP contribution in [0.1, 0.15) is 6.92 Å². The molecule has 0 amide bonds. The van der Waals surface area contributed by atoms with Crippen LogP contribution in [0, 0.1) is 10.1 Å². The van der Waals surface area contributed by atoms with Crippen molar-refractivity contribution in [2.45, 2.75) is 19.3 Å². The van der Waals surface area contributed by atoms with Gasteiger partial charge in [0.15, 0.2) is 0 Å². The van der Waals surface area contributed by atoms with Gasteiger partial charge in [-0.1, -0.05) is 6.92 Å². The number of rotatable bonds is 3.